The second kappa shape index (κ2) is 7.78. The van der Waals surface area contributed by atoms with Gasteiger partial charge in [0.05, 0.1) is 17.1 Å². The van der Waals surface area contributed by atoms with Gasteiger partial charge < -0.3 is 5.32 Å². The van der Waals surface area contributed by atoms with E-state index in [9.17, 15) is 13.2 Å². The zero-order valence-electron chi connectivity index (χ0n) is 18.6. The monoisotopic (exact) mass is 476 g/mol. The Labute approximate surface area is 197 Å². The van der Waals surface area contributed by atoms with Gasteiger partial charge in [0.1, 0.15) is 5.82 Å². The number of nitrogens with one attached hydrogen (secondary N) is 1. The lowest BCUT2D eigenvalue weighted by atomic mass is 10.1. The van der Waals surface area contributed by atoms with E-state index in [-0.39, 0.29) is 10.9 Å². The molecule has 1 aliphatic carbocycles. The van der Waals surface area contributed by atoms with Crippen molar-refractivity contribution in [2.45, 2.75) is 36.7 Å². The third-order valence-corrected chi connectivity index (χ3v) is 8.23. The molecule has 1 aromatic carbocycles. The molecule has 1 amide bonds. The lowest BCUT2D eigenvalue weighted by Crippen LogP contribution is -2.43. The highest BCUT2D eigenvalue weighted by Crippen LogP contribution is 2.36. The maximum atomic E-state index is 13.5. The molecule has 4 aromatic rings. The maximum absolute atomic E-state index is 13.5. The summed E-state index contributed by atoms with van der Waals surface area (Å²) in [4.78, 5) is 18.4. The number of aromatic nitrogens is 4. The van der Waals surface area contributed by atoms with E-state index in [0.717, 1.165) is 49.0 Å². The highest BCUT2D eigenvalue weighted by molar-refractivity contribution is 7.90. The first-order valence-electron chi connectivity index (χ1n) is 11.3. The number of rotatable bonds is 7. The van der Waals surface area contributed by atoms with Crippen LogP contribution in [-0.2, 0) is 14.8 Å². The number of hydrogen-bond donors (Lipinski definition) is 1. The van der Waals surface area contributed by atoms with Crippen LogP contribution in [-0.4, -0.2) is 52.7 Å². The third kappa shape index (κ3) is 3.41. The first kappa shape index (κ1) is 21.1. The minimum atomic E-state index is -3.88. The van der Waals surface area contributed by atoms with E-state index in [1.165, 1.54) is 10.2 Å². The molecular formula is C24H24N6O3S. The standard InChI is InChI=1S/C24H24N6O3S/c1-16-2-6-20(7-3-16)34(32,33)30-9-8-21-22(17-11-26-29(14-17)19-12-25-13-19)10-23(27-24(21)30)28(15-31)18-4-5-18/h2-3,6-11,14-15,18-19,25H,4-5,12-13H2,1H3. The lowest BCUT2D eigenvalue weighted by molar-refractivity contribution is -0.107. The first-order valence-corrected chi connectivity index (χ1v) is 12.7. The predicted octanol–water partition coefficient (Wildman–Crippen LogP) is 2.71. The number of carbonyl (C=O) groups is 1. The Morgan fingerprint density at radius 2 is 1.91 bits per heavy atom. The fraction of sp³-hybridized carbons (Fsp3) is 0.292. The second-order valence-electron chi connectivity index (χ2n) is 8.96. The quantitative estimate of drug-likeness (QED) is 0.412. The van der Waals surface area contributed by atoms with E-state index in [1.807, 2.05) is 23.9 Å². The Balaban J connectivity index is 1.54. The van der Waals surface area contributed by atoms with Gasteiger partial charge in [0.25, 0.3) is 10.0 Å². The van der Waals surface area contributed by atoms with Crippen LogP contribution in [0.1, 0.15) is 24.4 Å². The number of aryl methyl sites for hydroxylation is 1. The van der Waals surface area contributed by atoms with Gasteiger partial charge in [0.15, 0.2) is 5.65 Å². The van der Waals surface area contributed by atoms with Crippen LogP contribution >= 0.6 is 0 Å². The van der Waals surface area contributed by atoms with Crippen LogP contribution in [0.25, 0.3) is 22.2 Å². The van der Waals surface area contributed by atoms with Crippen molar-refractivity contribution < 1.29 is 13.2 Å². The Morgan fingerprint density at radius 3 is 2.56 bits per heavy atom. The Bertz CT molecular complexity index is 1500. The van der Waals surface area contributed by atoms with Gasteiger partial charge in [-0.15, -0.1) is 0 Å². The van der Waals surface area contributed by atoms with E-state index in [0.29, 0.717) is 22.9 Å². The molecule has 2 fully saturated rings. The number of hydrogen-bond acceptors (Lipinski definition) is 6. The normalized spacial score (nSPS) is 16.5. The van der Waals surface area contributed by atoms with E-state index >= 15 is 0 Å². The van der Waals surface area contributed by atoms with Gasteiger partial charge in [-0.05, 0) is 49.6 Å². The number of carbonyl (C=O) groups excluding carboxylic acids is 1. The summed E-state index contributed by atoms with van der Waals surface area (Å²) in [6.45, 7) is 3.64. The molecule has 4 heterocycles. The summed E-state index contributed by atoms with van der Waals surface area (Å²) in [5.74, 6) is 0.442. The van der Waals surface area contributed by atoms with Crippen LogP contribution in [0.4, 0.5) is 5.82 Å². The van der Waals surface area contributed by atoms with E-state index in [2.05, 4.69) is 15.4 Å². The molecule has 6 rings (SSSR count). The molecule has 0 spiro atoms. The van der Waals surface area contributed by atoms with Gasteiger partial charge in [-0.3, -0.25) is 14.4 Å². The predicted molar refractivity (Wildman–Crippen MR) is 128 cm³/mol. The maximum Gasteiger partial charge on any atom is 0.269 e. The molecule has 1 aliphatic heterocycles. The molecule has 1 N–H and O–H groups in total. The van der Waals surface area contributed by atoms with Crippen molar-refractivity contribution in [1.82, 2.24) is 24.1 Å². The molecule has 1 saturated heterocycles. The van der Waals surface area contributed by atoms with Gasteiger partial charge in [-0.1, -0.05) is 17.7 Å². The van der Waals surface area contributed by atoms with Crippen LogP contribution in [0.15, 0.2) is 59.9 Å². The zero-order valence-corrected chi connectivity index (χ0v) is 19.4. The molecule has 2 aliphatic rings. The lowest BCUT2D eigenvalue weighted by Gasteiger charge is -2.27. The van der Waals surface area contributed by atoms with Crippen LogP contribution in [0, 0.1) is 6.92 Å². The van der Waals surface area contributed by atoms with Crippen molar-refractivity contribution in [3.8, 4) is 11.1 Å². The number of anilines is 1. The number of amides is 1. The average molecular weight is 477 g/mol. The van der Waals surface area contributed by atoms with Crippen molar-refractivity contribution in [2.24, 2.45) is 0 Å². The number of benzene rings is 1. The van der Waals surface area contributed by atoms with Gasteiger partial charge in [-0.25, -0.2) is 17.4 Å². The largest absolute Gasteiger partial charge is 0.312 e. The molecule has 3 aromatic heterocycles. The summed E-state index contributed by atoms with van der Waals surface area (Å²) in [6.07, 6.45) is 7.87. The summed E-state index contributed by atoms with van der Waals surface area (Å²) < 4.78 is 30.2. The van der Waals surface area contributed by atoms with Crippen molar-refractivity contribution in [1.29, 1.82) is 0 Å². The van der Waals surface area contributed by atoms with Crippen molar-refractivity contribution in [3.05, 3.63) is 60.6 Å². The van der Waals surface area contributed by atoms with Gasteiger partial charge >= 0.3 is 0 Å². The highest BCUT2D eigenvalue weighted by Gasteiger charge is 2.31. The fourth-order valence-corrected chi connectivity index (χ4v) is 5.57. The minimum Gasteiger partial charge on any atom is -0.312 e. The van der Waals surface area contributed by atoms with Gasteiger partial charge in [0, 0.05) is 42.5 Å². The summed E-state index contributed by atoms with van der Waals surface area (Å²) in [5.41, 5.74) is 2.92. The van der Waals surface area contributed by atoms with Crippen LogP contribution in [0.3, 0.4) is 0 Å². The zero-order chi connectivity index (χ0) is 23.4. The van der Waals surface area contributed by atoms with Crippen LogP contribution < -0.4 is 10.2 Å². The Hall–Kier alpha value is -3.50. The van der Waals surface area contributed by atoms with E-state index in [4.69, 9.17) is 0 Å². The van der Waals surface area contributed by atoms with Crippen LogP contribution in [0.2, 0.25) is 0 Å². The smallest absolute Gasteiger partial charge is 0.269 e. The second-order valence-corrected chi connectivity index (χ2v) is 10.8. The van der Waals surface area contributed by atoms with Crippen molar-refractivity contribution in [3.63, 3.8) is 0 Å². The molecule has 0 atom stereocenters. The van der Waals surface area contributed by atoms with Crippen molar-refractivity contribution in [2.75, 3.05) is 18.0 Å². The Kier molecular flexibility index (Phi) is 4.82. The van der Waals surface area contributed by atoms with Crippen LogP contribution in [0.5, 0.6) is 0 Å². The SMILES string of the molecule is Cc1ccc(S(=O)(=O)n2ccc3c(-c4cnn(C5CNC5)c4)cc(N(C=O)C4CC4)nc32)cc1. The minimum absolute atomic E-state index is 0.0937. The van der Waals surface area contributed by atoms with E-state index < -0.39 is 10.0 Å². The highest BCUT2D eigenvalue weighted by atomic mass is 32.2. The molecule has 1 saturated carbocycles. The summed E-state index contributed by atoms with van der Waals surface area (Å²) in [7, 11) is -3.88. The molecule has 9 nitrogen and oxygen atoms in total. The van der Waals surface area contributed by atoms with Crippen molar-refractivity contribution >= 4 is 33.3 Å². The summed E-state index contributed by atoms with van der Waals surface area (Å²) in [5, 5.41) is 8.45. The summed E-state index contributed by atoms with van der Waals surface area (Å²) >= 11 is 0. The number of pyridine rings is 1. The molecule has 0 unspecified atom stereocenters. The number of fused-ring (bicyclic) bond motifs is 1. The molecule has 10 heteroatoms. The number of nitrogens with zero attached hydrogens (tertiary/aromatic N) is 5. The van der Waals surface area contributed by atoms with Gasteiger partial charge in [-0.2, -0.15) is 5.10 Å². The fourth-order valence-electron chi connectivity index (χ4n) is 4.28. The molecule has 174 valence electrons. The summed E-state index contributed by atoms with van der Waals surface area (Å²) in [6, 6.07) is 10.8. The molecular weight excluding hydrogens is 452 g/mol. The Morgan fingerprint density at radius 1 is 1.15 bits per heavy atom. The first-order chi connectivity index (χ1) is 16.5. The molecule has 0 bridgehead atoms. The average Bonchev–Trinajstić information content (AvgIpc) is 3.33. The topological polar surface area (TPSA) is 102 Å². The van der Waals surface area contributed by atoms with Gasteiger partial charge in [0.2, 0.25) is 6.41 Å². The third-order valence-electron chi connectivity index (χ3n) is 6.55. The molecule has 34 heavy (non-hydrogen) atoms. The molecule has 0 radical (unpaired) electrons. The van der Waals surface area contributed by atoms with E-state index in [1.54, 1.807) is 41.4 Å².